The van der Waals surface area contributed by atoms with Crippen molar-refractivity contribution < 1.29 is 13.9 Å². The molecule has 0 saturated carbocycles. The third kappa shape index (κ3) is 4.14. The Morgan fingerprint density at radius 3 is 2.59 bits per heavy atom. The molecular formula is C24H23FN6O3. The second kappa shape index (κ2) is 9.05. The Kier molecular flexibility index (Phi) is 5.79. The summed E-state index contributed by atoms with van der Waals surface area (Å²) in [6.45, 7) is 1.21. The van der Waals surface area contributed by atoms with E-state index in [-0.39, 0.29) is 35.3 Å². The van der Waals surface area contributed by atoms with Crippen LogP contribution in [0, 0.1) is 5.82 Å². The number of aromatic nitrogens is 5. The van der Waals surface area contributed by atoms with E-state index in [1.54, 1.807) is 54.5 Å². The number of piperidine rings is 1. The van der Waals surface area contributed by atoms with Gasteiger partial charge in [0.25, 0.3) is 11.5 Å². The van der Waals surface area contributed by atoms with Crippen LogP contribution in [0.25, 0.3) is 11.2 Å². The van der Waals surface area contributed by atoms with Crippen molar-refractivity contribution in [2.24, 2.45) is 0 Å². The number of likely N-dealkylation sites (tertiary alicyclic amines) is 1. The summed E-state index contributed by atoms with van der Waals surface area (Å²) in [7, 11) is 1.58. The van der Waals surface area contributed by atoms with Crippen molar-refractivity contribution >= 4 is 17.1 Å². The second-order valence-corrected chi connectivity index (χ2v) is 8.26. The van der Waals surface area contributed by atoms with Gasteiger partial charge in [-0.25, -0.2) is 14.1 Å². The van der Waals surface area contributed by atoms with E-state index in [2.05, 4.69) is 20.3 Å². The lowest BCUT2D eigenvalue weighted by Crippen LogP contribution is -2.38. The molecule has 1 fully saturated rings. The molecule has 174 valence electrons. The maximum absolute atomic E-state index is 14.1. The van der Waals surface area contributed by atoms with Crippen LogP contribution in [0.3, 0.4) is 0 Å². The number of methoxy groups -OCH3 is 1. The Labute approximate surface area is 194 Å². The van der Waals surface area contributed by atoms with E-state index in [0.717, 1.165) is 0 Å². The van der Waals surface area contributed by atoms with E-state index < -0.39 is 0 Å². The molecule has 9 nitrogen and oxygen atoms in total. The van der Waals surface area contributed by atoms with E-state index in [9.17, 15) is 14.0 Å². The Morgan fingerprint density at radius 1 is 1.15 bits per heavy atom. The number of halogens is 1. The highest BCUT2D eigenvalue weighted by atomic mass is 19.1. The predicted octanol–water partition coefficient (Wildman–Crippen LogP) is 2.73. The molecule has 0 bridgehead atoms. The Morgan fingerprint density at radius 2 is 1.88 bits per heavy atom. The topological polar surface area (TPSA) is 106 Å². The maximum Gasteiger partial charge on any atom is 0.281 e. The van der Waals surface area contributed by atoms with Crippen LogP contribution >= 0.6 is 0 Å². The fourth-order valence-corrected chi connectivity index (χ4v) is 4.24. The first kappa shape index (κ1) is 21.7. The summed E-state index contributed by atoms with van der Waals surface area (Å²) in [6.07, 6.45) is 1.32. The smallest absolute Gasteiger partial charge is 0.281 e. The zero-order chi connectivity index (χ0) is 23.7. The van der Waals surface area contributed by atoms with Gasteiger partial charge in [-0.05, 0) is 43.2 Å². The molecule has 2 aromatic carbocycles. The van der Waals surface area contributed by atoms with Gasteiger partial charge in [-0.1, -0.05) is 23.4 Å². The number of benzene rings is 2. The minimum absolute atomic E-state index is 0.0196. The van der Waals surface area contributed by atoms with Crippen molar-refractivity contribution in [3.63, 3.8) is 0 Å². The second-order valence-electron chi connectivity index (χ2n) is 8.26. The summed E-state index contributed by atoms with van der Waals surface area (Å²) in [4.78, 5) is 34.7. The van der Waals surface area contributed by atoms with Crippen molar-refractivity contribution in [2.45, 2.75) is 25.3 Å². The molecule has 0 radical (unpaired) electrons. The summed E-state index contributed by atoms with van der Waals surface area (Å²) in [6, 6.07) is 13.4. The third-order valence-corrected chi connectivity index (χ3v) is 6.18. The molecular weight excluding hydrogens is 439 g/mol. The van der Waals surface area contributed by atoms with E-state index in [1.165, 1.54) is 10.7 Å². The minimum atomic E-state index is -0.378. The number of ether oxygens (including phenoxy) is 1. The van der Waals surface area contributed by atoms with Crippen molar-refractivity contribution in [2.75, 3.05) is 20.2 Å². The molecule has 1 aliphatic rings. The molecule has 4 aromatic rings. The van der Waals surface area contributed by atoms with Crippen LogP contribution in [-0.2, 0) is 6.54 Å². The van der Waals surface area contributed by atoms with Gasteiger partial charge in [0, 0.05) is 30.1 Å². The molecule has 3 heterocycles. The number of hydrogen-bond acceptors (Lipinski definition) is 6. The number of nitrogens with one attached hydrogen (secondary N) is 1. The molecule has 0 atom stereocenters. The monoisotopic (exact) mass is 462 g/mol. The Balaban J connectivity index is 1.33. The number of rotatable bonds is 5. The normalized spacial score (nSPS) is 14.5. The molecule has 34 heavy (non-hydrogen) atoms. The number of carbonyl (C=O) groups excluding carboxylic acids is 1. The highest BCUT2D eigenvalue weighted by Crippen LogP contribution is 2.27. The number of amides is 1. The molecule has 2 aromatic heterocycles. The van der Waals surface area contributed by atoms with E-state index in [4.69, 9.17) is 4.74 Å². The summed E-state index contributed by atoms with van der Waals surface area (Å²) >= 11 is 0. The quantitative estimate of drug-likeness (QED) is 0.489. The van der Waals surface area contributed by atoms with E-state index in [0.29, 0.717) is 54.3 Å². The van der Waals surface area contributed by atoms with E-state index in [1.807, 2.05) is 0 Å². The molecule has 0 spiro atoms. The van der Waals surface area contributed by atoms with Gasteiger partial charge in [-0.15, -0.1) is 5.10 Å². The highest BCUT2D eigenvalue weighted by Gasteiger charge is 2.27. The minimum Gasteiger partial charge on any atom is -0.497 e. The molecule has 1 aliphatic heterocycles. The zero-order valence-electron chi connectivity index (χ0n) is 18.6. The van der Waals surface area contributed by atoms with Crippen molar-refractivity contribution in [3.8, 4) is 5.75 Å². The van der Waals surface area contributed by atoms with Gasteiger partial charge in [0.1, 0.15) is 17.4 Å². The molecule has 1 N–H and O–H groups in total. The highest BCUT2D eigenvalue weighted by molar-refractivity contribution is 5.94. The first-order valence-corrected chi connectivity index (χ1v) is 11.0. The van der Waals surface area contributed by atoms with Crippen LogP contribution < -0.4 is 10.3 Å². The van der Waals surface area contributed by atoms with Gasteiger partial charge in [-0.3, -0.25) is 9.59 Å². The van der Waals surface area contributed by atoms with Gasteiger partial charge >= 0.3 is 0 Å². The van der Waals surface area contributed by atoms with Crippen LogP contribution in [0.1, 0.15) is 40.5 Å². The number of aromatic amines is 1. The number of carbonyl (C=O) groups is 1. The average molecular weight is 462 g/mol. The van der Waals surface area contributed by atoms with Crippen LogP contribution in [0.2, 0.25) is 0 Å². The predicted molar refractivity (Wildman–Crippen MR) is 122 cm³/mol. The number of H-pyrrole nitrogens is 1. The summed E-state index contributed by atoms with van der Waals surface area (Å²) in [5.74, 6) is 0.819. The molecule has 5 rings (SSSR count). The van der Waals surface area contributed by atoms with Gasteiger partial charge < -0.3 is 14.6 Å². The number of nitrogens with zero attached hydrogens (tertiary/aromatic N) is 5. The van der Waals surface area contributed by atoms with Gasteiger partial charge in [-0.2, -0.15) is 0 Å². The van der Waals surface area contributed by atoms with Crippen molar-refractivity contribution in [3.05, 3.63) is 81.7 Å². The van der Waals surface area contributed by atoms with Gasteiger partial charge in [0.05, 0.1) is 13.7 Å². The van der Waals surface area contributed by atoms with Crippen molar-refractivity contribution in [1.29, 1.82) is 0 Å². The maximum atomic E-state index is 14.1. The molecule has 0 aliphatic carbocycles. The van der Waals surface area contributed by atoms with Crippen LogP contribution in [0.15, 0.2) is 53.3 Å². The lowest BCUT2D eigenvalue weighted by molar-refractivity contribution is 0.0711. The fourth-order valence-electron chi connectivity index (χ4n) is 4.24. The Hall–Kier alpha value is -4.08. The zero-order valence-corrected chi connectivity index (χ0v) is 18.6. The first-order valence-electron chi connectivity index (χ1n) is 11.0. The molecule has 1 amide bonds. The fraction of sp³-hybridized carbons (Fsp3) is 0.292. The van der Waals surface area contributed by atoms with Gasteiger partial charge in [0.15, 0.2) is 11.2 Å². The third-order valence-electron chi connectivity index (χ3n) is 6.18. The largest absolute Gasteiger partial charge is 0.497 e. The number of hydrogen-bond donors (Lipinski definition) is 1. The summed E-state index contributed by atoms with van der Waals surface area (Å²) < 4.78 is 20.7. The first-order chi connectivity index (χ1) is 16.5. The van der Waals surface area contributed by atoms with Crippen LogP contribution in [0.5, 0.6) is 5.75 Å². The molecule has 1 saturated heterocycles. The lowest BCUT2D eigenvalue weighted by Gasteiger charge is -2.31. The average Bonchev–Trinajstić information content (AvgIpc) is 3.28. The van der Waals surface area contributed by atoms with Crippen LogP contribution in [0.4, 0.5) is 4.39 Å². The van der Waals surface area contributed by atoms with E-state index >= 15 is 0 Å². The standard InChI is InChI=1S/C24H23FN6O3/c1-34-18-8-6-16(7-9-18)24(33)30-12-10-15(11-13-30)21-26-22-20(23(32)27-21)28-29-31(22)14-17-4-2-3-5-19(17)25/h2-9,15H,10-14H2,1H3,(H,26,27,32). The van der Waals surface area contributed by atoms with Crippen LogP contribution in [-0.4, -0.2) is 56.0 Å². The molecule has 10 heteroatoms. The SMILES string of the molecule is COc1ccc(C(=O)N2CCC(c3nc4c(nnn4Cc4ccccc4F)c(=O)[nH]3)CC2)cc1. The molecule has 0 unspecified atom stereocenters. The summed E-state index contributed by atoms with van der Waals surface area (Å²) in [5, 5.41) is 7.95. The Bertz CT molecular complexity index is 1390. The summed E-state index contributed by atoms with van der Waals surface area (Å²) in [5.41, 5.74) is 1.10. The van der Waals surface area contributed by atoms with Crippen molar-refractivity contribution in [1.82, 2.24) is 29.9 Å². The van der Waals surface area contributed by atoms with Gasteiger partial charge in [0.2, 0.25) is 0 Å². The number of fused-ring (bicyclic) bond motifs is 1. The lowest BCUT2D eigenvalue weighted by atomic mass is 9.95.